The summed E-state index contributed by atoms with van der Waals surface area (Å²) >= 11 is 5.94. The van der Waals surface area contributed by atoms with E-state index < -0.39 is 5.97 Å². The number of rotatable bonds is 4. The van der Waals surface area contributed by atoms with Crippen LogP contribution in [0.2, 0.25) is 5.02 Å². The van der Waals surface area contributed by atoms with Crippen molar-refractivity contribution in [3.63, 3.8) is 0 Å². The number of hydrogen-bond donors (Lipinski definition) is 2. The molecule has 20 heavy (non-hydrogen) atoms. The molecule has 106 valence electrons. The predicted molar refractivity (Wildman–Crippen MR) is 78.4 cm³/mol. The van der Waals surface area contributed by atoms with Gasteiger partial charge in [-0.1, -0.05) is 17.7 Å². The molecule has 1 heterocycles. The van der Waals surface area contributed by atoms with E-state index in [1.165, 1.54) is 0 Å². The van der Waals surface area contributed by atoms with E-state index >= 15 is 0 Å². The van der Waals surface area contributed by atoms with Crippen molar-refractivity contribution in [1.29, 1.82) is 0 Å². The summed E-state index contributed by atoms with van der Waals surface area (Å²) in [4.78, 5) is 11.3. The maximum absolute atomic E-state index is 11.3. The summed E-state index contributed by atoms with van der Waals surface area (Å²) in [7, 11) is 1.88. The van der Waals surface area contributed by atoms with Crippen molar-refractivity contribution in [1.82, 2.24) is 9.78 Å². The fourth-order valence-corrected chi connectivity index (χ4v) is 2.40. The van der Waals surface area contributed by atoms with E-state index in [-0.39, 0.29) is 10.6 Å². The number of nitrogens with zero attached hydrogens (tertiary/aromatic N) is 2. The lowest BCUT2D eigenvalue weighted by atomic mass is 10.1. The Kier molecular flexibility index (Phi) is 3.99. The zero-order chi connectivity index (χ0) is 14.9. The van der Waals surface area contributed by atoms with Crippen molar-refractivity contribution in [3.8, 4) is 0 Å². The Bertz CT molecular complexity index is 665. The molecule has 0 aliphatic carbocycles. The van der Waals surface area contributed by atoms with Gasteiger partial charge in [-0.2, -0.15) is 5.10 Å². The van der Waals surface area contributed by atoms with Crippen LogP contribution in [-0.4, -0.2) is 20.9 Å². The van der Waals surface area contributed by atoms with Crippen LogP contribution in [0.1, 0.15) is 27.3 Å². The van der Waals surface area contributed by atoms with E-state index in [0.29, 0.717) is 12.2 Å². The number of benzene rings is 1. The third-order valence-corrected chi connectivity index (χ3v) is 3.66. The molecule has 0 radical (unpaired) electrons. The van der Waals surface area contributed by atoms with E-state index in [0.717, 1.165) is 17.0 Å². The summed E-state index contributed by atoms with van der Waals surface area (Å²) in [6, 6.07) is 4.99. The Balaban J connectivity index is 2.28. The molecular weight excluding hydrogens is 278 g/mol. The van der Waals surface area contributed by atoms with Crippen LogP contribution in [0.4, 0.5) is 5.69 Å². The third kappa shape index (κ3) is 2.63. The molecule has 0 atom stereocenters. The molecule has 1 aromatic carbocycles. The molecule has 0 aliphatic rings. The van der Waals surface area contributed by atoms with Gasteiger partial charge in [0.05, 0.1) is 16.4 Å². The molecule has 0 unspecified atom stereocenters. The van der Waals surface area contributed by atoms with Crippen molar-refractivity contribution in [2.45, 2.75) is 20.4 Å². The molecule has 0 saturated heterocycles. The zero-order valence-corrected chi connectivity index (χ0v) is 12.3. The SMILES string of the molecule is Cc1nn(C)c(C)c1CNc1cccc(Cl)c1C(=O)O. The topological polar surface area (TPSA) is 67.2 Å². The number of carboxylic acids is 1. The summed E-state index contributed by atoms with van der Waals surface area (Å²) < 4.78 is 1.81. The number of aromatic carboxylic acids is 1. The molecule has 0 saturated carbocycles. The number of anilines is 1. The quantitative estimate of drug-likeness (QED) is 0.909. The molecule has 0 fully saturated rings. The normalized spacial score (nSPS) is 10.6. The van der Waals surface area contributed by atoms with Gasteiger partial charge < -0.3 is 10.4 Å². The van der Waals surface area contributed by atoms with E-state index in [2.05, 4.69) is 10.4 Å². The summed E-state index contributed by atoms with van der Waals surface area (Å²) in [5.74, 6) is -1.04. The van der Waals surface area contributed by atoms with Crippen molar-refractivity contribution in [2.75, 3.05) is 5.32 Å². The summed E-state index contributed by atoms with van der Waals surface area (Å²) in [6.07, 6.45) is 0. The van der Waals surface area contributed by atoms with Crippen LogP contribution in [0, 0.1) is 13.8 Å². The second kappa shape index (κ2) is 5.54. The Labute approximate surface area is 122 Å². The molecular formula is C14H16ClN3O2. The largest absolute Gasteiger partial charge is 0.478 e. The first kappa shape index (κ1) is 14.4. The number of hydrogen-bond acceptors (Lipinski definition) is 3. The van der Waals surface area contributed by atoms with E-state index in [9.17, 15) is 9.90 Å². The molecule has 2 rings (SSSR count). The monoisotopic (exact) mass is 293 g/mol. The van der Waals surface area contributed by atoms with Crippen LogP contribution >= 0.6 is 11.6 Å². The molecule has 0 bridgehead atoms. The minimum absolute atomic E-state index is 0.0911. The number of carbonyl (C=O) groups is 1. The maximum Gasteiger partial charge on any atom is 0.339 e. The van der Waals surface area contributed by atoms with Crippen molar-refractivity contribution < 1.29 is 9.90 Å². The summed E-state index contributed by atoms with van der Waals surface area (Å²) in [5, 5.41) is 16.9. The number of carboxylic acid groups (broad SMARTS) is 1. The van der Waals surface area contributed by atoms with Crippen molar-refractivity contribution >= 4 is 23.3 Å². The molecule has 2 aromatic rings. The van der Waals surface area contributed by atoms with Gasteiger partial charge in [-0.25, -0.2) is 4.79 Å². The van der Waals surface area contributed by atoms with Crippen LogP contribution in [0.15, 0.2) is 18.2 Å². The van der Waals surface area contributed by atoms with E-state index in [4.69, 9.17) is 11.6 Å². The van der Waals surface area contributed by atoms with Gasteiger partial charge in [0.2, 0.25) is 0 Å². The van der Waals surface area contributed by atoms with Crippen LogP contribution in [0.3, 0.4) is 0 Å². The average molecular weight is 294 g/mol. The smallest absolute Gasteiger partial charge is 0.339 e. The Morgan fingerprint density at radius 1 is 1.45 bits per heavy atom. The summed E-state index contributed by atoms with van der Waals surface area (Å²) in [5.41, 5.74) is 3.63. The van der Waals surface area contributed by atoms with Gasteiger partial charge in [-0.05, 0) is 26.0 Å². The number of aryl methyl sites for hydroxylation is 2. The first-order chi connectivity index (χ1) is 9.41. The van der Waals surface area contributed by atoms with E-state index in [1.54, 1.807) is 18.2 Å². The van der Waals surface area contributed by atoms with Crippen LogP contribution in [0.5, 0.6) is 0 Å². The van der Waals surface area contributed by atoms with Gasteiger partial charge in [0, 0.05) is 24.8 Å². The lowest BCUT2D eigenvalue weighted by Gasteiger charge is -2.11. The van der Waals surface area contributed by atoms with Gasteiger partial charge in [0.1, 0.15) is 5.56 Å². The highest BCUT2D eigenvalue weighted by atomic mass is 35.5. The van der Waals surface area contributed by atoms with Gasteiger partial charge in [-0.15, -0.1) is 0 Å². The fourth-order valence-electron chi connectivity index (χ4n) is 2.15. The molecule has 1 aromatic heterocycles. The highest BCUT2D eigenvalue weighted by molar-refractivity contribution is 6.34. The highest BCUT2D eigenvalue weighted by Crippen LogP contribution is 2.25. The number of nitrogens with one attached hydrogen (secondary N) is 1. The van der Waals surface area contributed by atoms with Crippen LogP contribution in [-0.2, 0) is 13.6 Å². The fraction of sp³-hybridized carbons (Fsp3) is 0.286. The first-order valence-electron chi connectivity index (χ1n) is 6.16. The number of aromatic nitrogens is 2. The number of halogens is 1. The highest BCUT2D eigenvalue weighted by Gasteiger charge is 2.15. The van der Waals surface area contributed by atoms with Gasteiger partial charge >= 0.3 is 5.97 Å². The third-order valence-electron chi connectivity index (χ3n) is 3.34. The van der Waals surface area contributed by atoms with Crippen molar-refractivity contribution in [2.24, 2.45) is 7.05 Å². The maximum atomic E-state index is 11.3. The molecule has 0 spiro atoms. The molecule has 2 N–H and O–H groups in total. The summed E-state index contributed by atoms with van der Waals surface area (Å²) in [6.45, 7) is 4.42. The molecule has 0 amide bonds. The zero-order valence-electron chi connectivity index (χ0n) is 11.6. The van der Waals surface area contributed by atoms with Crippen LogP contribution < -0.4 is 5.32 Å². The first-order valence-corrected chi connectivity index (χ1v) is 6.54. The average Bonchev–Trinajstić information content (AvgIpc) is 2.61. The predicted octanol–water partition coefficient (Wildman–Crippen LogP) is 3.00. The molecule has 5 nitrogen and oxygen atoms in total. The Morgan fingerprint density at radius 2 is 2.15 bits per heavy atom. The second-order valence-corrected chi connectivity index (χ2v) is 5.00. The lowest BCUT2D eigenvalue weighted by molar-refractivity contribution is 0.0698. The van der Waals surface area contributed by atoms with Crippen LogP contribution in [0.25, 0.3) is 0 Å². The lowest BCUT2D eigenvalue weighted by Crippen LogP contribution is -2.08. The Morgan fingerprint density at radius 3 is 2.70 bits per heavy atom. The minimum Gasteiger partial charge on any atom is -0.478 e. The van der Waals surface area contributed by atoms with Gasteiger partial charge in [0.25, 0.3) is 0 Å². The minimum atomic E-state index is -1.04. The molecule has 6 heteroatoms. The van der Waals surface area contributed by atoms with E-state index in [1.807, 2.05) is 25.6 Å². The van der Waals surface area contributed by atoms with Gasteiger partial charge in [-0.3, -0.25) is 4.68 Å². The second-order valence-electron chi connectivity index (χ2n) is 4.59. The van der Waals surface area contributed by atoms with Gasteiger partial charge in [0.15, 0.2) is 0 Å². The standard InChI is InChI=1S/C14H16ClN3O2/c1-8-10(9(2)18(3)17-8)7-16-12-6-4-5-11(15)13(12)14(19)20/h4-6,16H,7H2,1-3H3,(H,19,20). The Hall–Kier alpha value is -2.01. The van der Waals surface area contributed by atoms with Crippen molar-refractivity contribution in [3.05, 3.63) is 45.7 Å². The molecule has 0 aliphatic heterocycles.